The average molecular weight is 259 g/mol. The second-order valence-electron chi connectivity index (χ2n) is 3.53. The predicted molar refractivity (Wildman–Crippen MR) is 66.1 cm³/mol. The van der Waals surface area contributed by atoms with Crippen LogP contribution >= 0.6 is 11.6 Å². The number of rotatable bonds is 5. The van der Waals surface area contributed by atoms with E-state index >= 15 is 0 Å². The van der Waals surface area contributed by atoms with Crippen LogP contribution in [0.15, 0.2) is 18.2 Å². The molecule has 6 heteroatoms. The van der Waals surface area contributed by atoms with E-state index in [-0.39, 0.29) is 29.6 Å². The van der Waals surface area contributed by atoms with Crippen LogP contribution in [-0.4, -0.2) is 37.4 Å². The minimum Gasteiger partial charge on any atom is -0.398 e. The Morgan fingerprint density at radius 3 is 3.00 bits per heavy atom. The second-order valence-corrected chi connectivity index (χ2v) is 3.91. The number of carbonyl (C=O) groups excluding carboxylic acids is 1. The maximum absolute atomic E-state index is 11.7. The summed E-state index contributed by atoms with van der Waals surface area (Å²) in [5.41, 5.74) is 6.21. The maximum atomic E-state index is 11.7. The first kappa shape index (κ1) is 13.8. The third-order valence-electron chi connectivity index (χ3n) is 2.13. The number of aliphatic hydroxyl groups is 1. The van der Waals surface area contributed by atoms with Gasteiger partial charge in [-0.1, -0.05) is 17.7 Å². The number of nitrogen functional groups attached to an aromatic ring is 1. The quantitative estimate of drug-likeness (QED) is 0.678. The van der Waals surface area contributed by atoms with Crippen LogP contribution in [0.2, 0.25) is 5.02 Å². The van der Waals surface area contributed by atoms with Gasteiger partial charge in [-0.15, -0.1) is 0 Å². The van der Waals surface area contributed by atoms with Crippen molar-refractivity contribution in [1.29, 1.82) is 0 Å². The molecule has 17 heavy (non-hydrogen) atoms. The van der Waals surface area contributed by atoms with E-state index in [0.29, 0.717) is 5.69 Å². The molecule has 0 spiro atoms. The molecular formula is C11H15ClN2O3. The van der Waals surface area contributed by atoms with E-state index in [2.05, 4.69) is 5.32 Å². The molecule has 1 amide bonds. The summed E-state index contributed by atoms with van der Waals surface area (Å²) in [4.78, 5) is 11.7. The Kier molecular flexibility index (Phi) is 5.21. The number of aliphatic hydroxyl groups excluding tert-OH is 1. The van der Waals surface area contributed by atoms with Crippen LogP contribution in [0.25, 0.3) is 0 Å². The Balaban J connectivity index is 2.61. The topological polar surface area (TPSA) is 84.6 Å². The zero-order valence-electron chi connectivity index (χ0n) is 9.44. The fraction of sp³-hybridized carbons (Fsp3) is 0.364. The summed E-state index contributed by atoms with van der Waals surface area (Å²) in [6.07, 6.45) is -0.746. The van der Waals surface area contributed by atoms with Crippen molar-refractivity contribution in [3.8, 4) is 0 Å². The van der Waals surface area contributed by atoms with Crippen LogP contribution in [0, 0.1) is 0 Å². The van der Waals surface area contributed by atoms with Gasteiger partial charge in [0.25, 0.3) is 5.91 Å². The van der Waals surface area contributed by atoms with Crippen LogP contribution in [0.4, 0.5) is 5.69 Å². The Bertz CT molecular complexity index is 398. The zero-order valence-corrected chi connectivity index (χ0v) is 10.2. The van der Waals surface area contributed by atoms with Gasteiger partial charge >= 0.3 is 0 Å². The molecule has 1 aromatic rings. The number of amides is 1. The van der Waals surface area contributed by atoms with Crippen molar-refractivity contribution in [3.63, 3.8) is 0 Å². The van der Waals surface area contributed by atoms with E-state index in [0.717, 1.165) is 0 Å². The predicted octanol–water partition coefficient (Wildman–Crippen LogP) is 0.659. The number of nitrogens with two attached hydrogens (primary N) is 1. The van der Waals surface area contributed by atoms with E-state index in [9.17, 15) is 9.90 Å². The lowest BCUT2D eigenvalue weighted by Gasteiger charge is -2.11. The molecule has 0 aliphatic heterocycles. The van der Waals surface area contributed by atoms with E-state index in [1.54, 1.807) is 18.2 Å². The Morgan fingerprint density at radius 2 is 2.35 bits per heavy atom. The molecule has 94 valence electrons. The molecule has 0 heterocycles. The second kappa shape index (κ2) is 6.44. The molecule has 0 aliphatic carbocycles. The Labute approximate surface area is 105 Å². The number of halogens is 1. The molecule has 1 unspecified atom stereocenters. The van der Waals surface area contributed by atoms with Crippen LogP contribution in [0.5, 0.6) is 0 Å². The molecule has 5 nitrogen and oxygen atoms in total. The fourth-order valence-corrected chi connectivity index (χ4v) is 1.49. The lowest BCUT2D eigenvalue weighted by atomic mass is 10.2. The molecule has 1 aromatic carbocycles. The van der Waals surface area contributed by atoms with Crippen LogP contribution < -0.4 is 11.1 Å². The average Bonchev–Trinajstić information content (AvgIpc) is 2.30. The zero-order chi connectivity index (χ0) is 12.8. The van der Waals surface area contributed by atoms with Crippen molar-refractivity contribution < 1.29 is 14.6 Å². The van der Waals surface area contributed by atoms with Gasteiger partial charge in [0.05, 0.1) is 29.0 Å². The maximum Gasteiger partial charge on any atom is 0.252 e. The summed E-state index contributed by atoms with van der Waals surface area (Å²) in [6, 6.07) is 4.82. The highest BCUT2D eigenvalue weighted by Gasteiger charge is 2.13. The van der Waals surface area contributed by atoms with Crippen molar-refractivity contribution in [1.82, 2.24) is 5.32 Å². The summed E-state index contributed by atoms with van der Waals surface area (Å²) in [5.74, 6) is -0.377. The van der Waals surface area contributed by atoms with Crippen molar-refractivity contribution in [2.75, 3.05) is 26.0 Å². The molecule has 0 saturated carbocycles. The minimum absolute atomic E-state index is 0.0950. The van der Waals surface area contributed by atoms with Gasteiger partial charge in [0.1, 0.15) is 0 Å². The van der Waals surface area contributed by atoms with Gasteiger partial charge in [-0.2, -0.15) is 0 Å². The van der Waals surface area contributed by atoms with Crippen molar-refractivity contribution in [2.24, 2.45) is 0 Å². The Hall–Kier alpha value is -1.30. The van der Waals surface area contributed by atoms with Crippen molar-refractivity contribution >= 4 is 23.2 Å². The number of methoxy groups -OCH3 is 1. The molecule has 0 fully saturated rings. The van der Waals surface area contributed by atoms with Crippen molar-refractivity contribution in [3.05, 3.63) is 28.8 Å². The Morgan fingerprint density at radius 1 is 1.65 bits per heavy atom. The summed E-state index contributed by atoms with van der Waals surface area (Å²) in [7, 11) is 1.47. The van der Waals surface area contributed by atoms with Gasteiger partial charge in [-0.05, 0) is 12.1 Å². The largest absolute Gasteiger partial charge is 0.398 e. The number of ether oxygens (including phenoxy) is 1. The number of benzene rings is 1. The number of carbonyl (C=O) groups is 1. The van der Waals surface area contributed by atoms with E-state index in [1.165, 1.54) is 7.11 Å². The SMILES string of the molecule is COCC(O)CNC(=O)c1cccc(N)c1Cl. The van der Waals surface area contributed by atoms with Gasteiger partial charge in [0.2, 0.25) is 0 Å². The molecule has 1 rings (SSSR count). The molecule has 4 N–H and O–H groups in total. The molecule has 0 aliphatic rings. The van der Waals surface area contributed by atoms with Crippen molar-refractivity contribution in [2.45, 2.75) is 6.10 Å². The van der Waals surface area contributed by atoms with Gasteiger partial charge < -0.3 is 20.9 Å². The first-order valence-corrected chi connectivity index (χ1v) is 5.43. The fourth-order valence-electron chi connectivity index (χ4n) is 1.28. The first-order valence-electron chi connectivity index (χ1n) is 5.05. The summed E-state index contributed by atoms with van der Waals surface area (Å²) in [6.45, 7) is 0.253. The van der Waals surface area contributed by atoms with E-state index in [1.807, 2.05) is 0 Å². The third-order valence-corrected chi connectivity index (χ3v) is 2.55. The first-order chi connectivity index (χ1) is 8.06. The standard InChI is InChI=1S/C11H15ClN2O3/c1-17-6-7(15)5-14-11(16)8-3-2-4-9(13)10(8)12/h2-4,7,15H,5-6,13H2,1H3,(H,14,16). The lowest BCUT2D eigenvalue weighted by molar-refractivity contribution is 0.0610. The number of anilines is 1. The summed E-state index contributed by atoms with van der Waals surface area (Å²) in [5, 5.41) is 12.1. The van der Waals surface area contributed by atoms with Crippen LogP contribution in [0.3, 0.4) is 0 Å². The van der Waals surface area contributed by atoms with Crippen LogP contribution in [0.1, 0.15) is 10.4 Å². The molecule has 0 bridgehead atoms. The van der Waals surface area contributed by atoms with Gasteiger partial charge in [0, 0.05) is 13.7 Å². The smallest absolute Gasteiger partial charge is 0.252 e. The highest BCUT2D eigenvalue weighted by atomic mass is 35.5. The monoisotopic (exact) mass is 258 g/mol. The highest BCUT2D eigenvalue weighted by Crippen LogP contribution is 2.22. The molecule has 0 radical (unpaired) electrons. The molecule has 0 saturated heterocycles. The van der Waals surface area contributed by atoms with E-state index in [4.69, 9.17) is 22.1 Å². The summed E-state index contributed by atoms with van der Waals surface area (Å²) >= 11 is 5.89. The minimum atomic E-state index is -0.746. The third kappa shape index (κ3) is 3.89. The van der Waals surface area contributed by atoms with E-state index < -0.39 is 6.10 Å². The lowest BCUT2D eigenvalue weighted by Crippen LogP contribution is -2.34. The summed E-state index contributed by atoms with van der Waals surface area (Å²) < 4.78 is 4.74. The molecular weight excluding hydrogens is 244 g/mol. The number of hydrogen-bond acceptors (Lipinski definition) is 4. The van der Waals surface area contributed by atoms with Gasteiger partial charge in [-0.3, -0.25) is 4.79 Å². The normalized spacial score (nSPS) is 12.2. The van der Waals surface area contributed by atoms with Gasteiger partial charge in [-0.25, -0.2) is 0 Å². The molecule has 0 aromatic heterocycles. The number of hydrogen-bond donors (Lipinski definition) is 3. The van der Waals surface area contributed by atoms with Gasteiger partial charge in [0.15, 0.2) is 0 Å². The highest BCUT2D eigenvalue weighted by molar-refractivity contribution is 6.36. The number of nitrogens with one attached hydrogen (secondary N) is 1. The molecule has 1 atom stereocenters. The van der Waals surface area contributed by atoms with Crippen LogP contribution in [-0.2, 0) is 4.74 Å².